The lowest BCUT2D eigenvalue weighted by Gasteiger charge is -2.09. The summed E-state index contributed by atoms with van der Waals surface area (Å²) in [5.74, 6) is -0.520. The molecular formula is C14H9BrCl2O4S. The summed E-state index contributed by atoms with van der Waals surface area (Å²) in [4.78, 5) is 12.2. The van der Waals surface area contributed by atoms with Gasteiger partial charge in [-0.15, -0.1) is 0 Å². The molecule has 0 atom stereocenters. The lowest BCUT2D eigenvalue weighted by Crippen LogP contribution is -2.11. The van der Waals surface area contributed by atoms with Crippen LogP contribution in [0.1, 0.15) is 10.4 Å². The second-order valence-corrected chi connectivity index (χ2v) is 8.09. The number of carbonyl (C=O) groups is 1. The number of esters is 1. The quantitative estimate of drug-likeness (QED) is 0.542. The van der Waals surface area contributed by atoms with Gasteiger partial charge in [0.2, 0.25) is 0 Å². The molecule has 0 aliphatic carbocycles. The largest absolute Gasteiger partial charge is 0.422 e. The van der Waals surface area contributed by atoms with E-state index in [1.54, 1.807) is 12.1 Å². The van der Waals surface area contributed by atoms with Crippen LogP contribution in [0.3, 0.4) is 0 Å². The van der Waals surface area contributed by atoms with Crippen molar-refractivity contribution in [1.29, 1.82) is 0 Å². The molecule has 22 heavy (non-hydrogen) atoms. The van der Waals surface area contributed by atoms with Crippen LogP contribution in [0, 0.1) is 0 Å². The van der Waals surface area contributed by atoms with E-state index in [0.717, 1.165) is 6.26 Å². The number of hydrogen-bond donors (Lipinski definition) is 0. The monoisotopic (exact) mass is 422 g/mol. The number of sulfone groups is 1. The van der Waals surface area contributed by atoms with E-state index in [1.165, 1.54) is 24.3 Å². The van der Waals surface area contributed by atoms with Crippen LogP contribution in [0.25, 0.3) is 0 Å². The van der Waals surface area contributed by atoms with Crippen LogP contribution in [0.4, 0.5) is 0 Å². The van der Waals surface area contributed by atoms with Crippen LogP contribution in [-0.2, 0) is 9.84 Å². The number of carbonyl (C=O) groups excluding carboxylic acids is 1. The molecule has 2 aromatic rings. The fraction of sp³-hybridized carbons (Fsp3) is 0.0714. The number of rotatable bonds is 3. The lowest BCUT2D eigenvalue weighted by atomic mass is 10.2. The first kappa shape index (κ1) is 17.3. The Balaban J connectivity index is 2.37. The Kier molecular flexibility index (Phi) is 5.17. The summed E-state index contributed by atoms with van der Waals surface area (Å²) in [7, 11) is -3.46. The first-order chi connectivity index (χ1) is 10.2. The van der Waals surface area contributed by atoms with Gasteiger partial charge in [0, 0.05) is 11.3 Å². The Morgan fingerprint density at radius 3 is 2.41 bits per heavy atom. The standard InChI is InChI=1S/C14H9BrCl2O4S/c1-22(19,20)9-3-4-12(17)10(7-9)14(18)21-13-5-2-8(16)6-11(13)15/h2-7H,1H3. The average molecular weight is 424 g/mol. The SMILES string of the molecule is CS(=O)(=O)c1ccc(Cl)c(C(=O)Oc2ccc(Cl)cc2Br)c1. The molecule has 0 N–H and O–H groups in total. The zero-order chi connectivity index (χ0) is 16.5. The molecule has 0 aliphatic rings. The van der Waals surface area contributed by atoms with Crippen molar-refractivity contribution in [2.45, 2.75) is 4.90 Å². The molecule has 116 valence electrons. The molecule has 0 saturated heterocycles. The molecular weight excluding hydrogens is 415 g/mol. The molecule has 2 rings (SSSR count). The predicted molar refractivity (Wildman–Crippen MR) is 88.7 cm³/mol. The normalized spacial score (nSPS) is 11.3. The Labute approximate surface area is 146 Å². The van der Waals surface area contributed by atoms with Gasteiger partial charge in [0.1, 0.15) is 5.75 Å². The van der Waals surface area contributed by atoms with Crippen LogP contribution < -0.4 is 4.74 Å². The van der Waals surface area contributed by atoms with E-state index >= 15 is 0 Å². The summed E-state index contributed by atoms with van der Waals surface area (Å²) in [6.07, 6.45) is 1.04. The highest BCUT2D eigenvalue weighted by atomic mass is 79.9. The zero-order valence-electron chi connectivity index (χ0n) is 11.1. The van der Waals surface area contributed by atoms with Crippen LogP contribution in [0.15, 0.2) is 45.8 Å². The van der Waals surface area contributed by atoms with Crippen molar-refractivity contribution in [1.82, 2.24) is 0 Å². The molecule has 0 heterocycles. The molecule has 0 fully saturated rings. The maximum atomic E-state index is 12.2. The molecule has 0 aromatic heterocycles. The van der Waals surface area contributed by atoms with Crippen LogP contribution >= 0.6 is 39.1 Å². The second-order valence-electron chi connectivity index (χ2n) is 4.38. The van der Waals surface area contributed by atoms with Crippen LogP contribution in [-0.4, -0.2) is 20.6 Å². The van der Waals surface area contributed by atoms with Crippen LogP contribution in [0.2, 0.25) is 10.0 Å². The number of benzene rings is 2. The van der Waals surface area contributed by atoms with Crippen LogP contribution in [0.5, 0.6) is 5.75 Å². The van der Waals surface area contributed by atoms with Gasteiger partial charge >= 0.3 is 5.97 Å². The maximum absolute atomic E-state index is 12.2. The zero-order valence-corrected chi connectivity index (χ0v) is 15.1. The van der Waals surface area contributed by atoms with E-state index in [2.05, 4.69) is 15.9 Å². The number of halogens is 3. The first-order valence-electron chi connectivity index (χ1n) is 5.85. The van der Waals surface area contributed by atoms with E-state index in [0.29, 0.717) is 9.50 Å². The first-order valence-corrected chi connectivity index (χ1v) is 9.29. The average Bonchev–Trinajstić information content (AvgIpc) is 2.41. The highest BCUT2D eigenvalue weighted by Gasteiger charge is 2.18. The van der Waals surface area contributed by atoms with Gasteiger partial charge < -0.3 is 4.74 Å². The van der Waals surface area contributed by atoms with Crippen molar-refractivity contribution >= 4 is 54.9 Å². The van der Waals surface area contributed by atoms with Gasteiger partial charge in [-0.2, -0.15) is 0 Å². The molecule has 8 heteroatoms. The minimum absolute atomic E-state index is 0.0148. The fourth-order valence-corrected chi connectivity index (χ4v) is 3.21. The van der Waals surface area contributed by atoms with Gasteiger partial charge in [-0.05, 0) is 52.3 Å². The molecule has 0 unspecified atom stereocenters. The van der Waals surface area contributed by atoms with Crippen molar-refractivity contribution in [3.8, 4) is 5.75 Å². The van der Waals surface area contributed by atoms with Gasteiger partial charge in [0.05, 0.1) is 20.0 Å². The second kappa shape index (κ2) is 6.58. The number of hydrogen-bond acceptors (Lipinski definition) is 4. The lowest BCUT2D eigenvalue weighted by molar-refractivity contribution is 0.0733. The summed E-state index contributed by atoms with van der Waals surface area (Å²) in [5.41, 5.74) is -0.0357. The van der Waals surface area contributed by atoms with Crippen molar-refractivity contribution < 1.29 is 17.9 Å². The third kappa shape index (κ3) is 4.01. The maximum Gasteiger partial charge on any atom is 0.345 e. The van der Waals surface area contributed by atoms with E-state index in [1.807, 2.05) is 0 Å². The summed E-state index contributed by atoms with van der Waals surface area (Å²) < 4.78 is 28.8. The minimum atomic E-state index is -3.46. The van der Waals surface area contributed by atoms with Gasteiger partial charge in [-0.25, -0.2) is 13.2 Å². The molecule has 0 saturated carbocycles. The Bertz CT molecular complexity index is 850. The van der Waals surface area contributed by atoms with Crippen molar-refractivity contribution in [3.63, 3.8) is 0 Å². The van der Waals surface area contributed by atoms with E-state index in [9.17, 15) is 13.2 Å². The van der Waals surface area contributed by atoms with Gasteiger partial charge in [0.25, 0.3) is 0 Å². The van der Waals surface area contributed by atoms with E-state index in [4.69, 9.17) is 27.9 Å². The summed E-state index contributed by atoms with van der Waals surface area (Å²) in [6, 6.07) is 8.49. The summed E-state index contributed by atoms with van der Waals surface area (Å²) in [6.45, 7) is 0. The molecule has 0 amide bonds. The highest BCUT2D eigenvalue weighted by Crippen LogP contribution is 2.29. The topological polar surface area (TPSA) is 60.4 Å². The Morgan fingerprint density at radius 2 is 1.82 bits per heavy atom. The molecule has 0 spiro atoms. The molecule has 4 nitrogen and oxygen atoms in total. The third-order valence-electron chi connectivity index (χ3n) is 2.68. The number of ether oxygens (including phenoxy) is 1. The Hall–Kier alpha value is -1.08. The molecule has 0 aliphatic heterocycles. The van der Waals surface area contributed by atoms with E-state index in [-0.39, 0.29) is 21.2 Å². The minimum Gasteiger partial charge on any atom is -0.422 e. The Morgan fingerprint density at radius 1 is 1.14 bits per heavy atom. The van der Waals surface area contributed by atoms with Crippen molar-refractivity contribution in [2.24, 2.45) is 0 Å². The fourth-order valence-electron chi connectivity index (χ4n) is 1.60. The van der Waals surface area contributed by atoms with Gasteiger partial charge in [-0.3, -0.25) is 0 Å². The van der Waals surface area contributed by atoms with Gasteiger partial charge in [-0.1, -0.05) is 23.2 Å². The predicted octanol–water partition coefficient (Wildman–Crippen LogP) is 4.38. The summed E-state index contributed by atoms with van der Waals surface area (Å²) >= 11 is 15.0. The summed E-state index contributed by atoms with van der Waals surface area (Å²) in [5, 5.41) is 0.575. The molecule has 2 aromatic carbocycles. The van der Waals surface area contributed by atoms with E-state index < -0.39 is 15.8 Å². The molecule has 0 radical (unpaired) electrons. The third-order valence-corrected chi connectivity index (χ3v) is 4.98. The van der Waals surface area contributed by atoms with Crippen molar-refractivity contribution in [3.05, 3.63) is 56.5 Å². The smallest absolute Gasteiger partial charge is 0.345 e. The highest BCUT2D eigenvalue weighted by molar-refractivity contribution is 9.10. The van der Waals surface area contributed by atoms with Crippen molar-refractivity contribution in [2.75, 3.05) is 6.26 Å². The van der Waals surface area contributed by atoms with Gasteiger partial charge in [0.15, 0.2) is 9.84 Å². The molecule has 0 bridgehead atoms.